The Morgan fingerprint density at radius 1 is 1.04 bits per heavy atom. The van der Waals surface area contributed by atoms with Gasteiger partial charge in [-0.05, 0) is 30.3 Å². The predicted octanol–water partition coefficient (Wildman–Crippen LogP) is 2.56. The van der Waals surface area contributed by atoms with E-state index in [9.17, 15) is 17.2 Å². The molecular weight excluding hydrogens is 352 g/mol. The molecule has 5 nitrogen and oxygen atoms in total. The fourth-order valence-corrected chi connectivity index (χ4v) is 3.87. The first-order valence-electron chi connectivity index (χ1n) is 7.72. The van der Waals surface area contributed by atoms with Gasteiger partial charge in [0.15, 0.2) is 11.6 Å². The minimum atomic E-state index is -3.57. The predicted molar refractivity (Wildman–Crippen MR) is 86.7 cm³/mol. The number of rotatable bonds is 5. The van der Waals surface area contributed by atoms with Crippen LogP contribution in [0.2, 0.25) is 0 Å². The van der Waals surface area contributed by atoms with Gasteiger partial charge in [0.05, 0.1) is 18.1 Å². The van der Waals surface area contributed by atoms with Gasteiger partial charge < -0.3 is 9.47 Å². The second-order valence-corrected chi connectivity index (χ2v) is 7.43. The van der Waals surface area contributed by atoms with Gasteiger partial charge in [0.2, 0.25) is 10.0 Å². The van der Waals surface area contributed by atoms with E-state index in [-0.39, 0.29) is 17.1 Å². The van der Waals surface area contributed by atoms with Gasteiger partial charge in [-0.1, -0.05) is 12.1 Å². The normalized spacial score (nSPS) is 15.9. The Morgan fingerprint density at radius 3 is 2.40 bits per heavy atom. The van der Waals surface area contributed by atoms with Crippen LogP contribution in [0.15, 0.2) is 47.4 Å². The highest BCUT2D eigenvalue weighted by atomic mass is 32.2. The molecule has 0 spiro atoms. The SMILES string of the molecule is O=S(=O)(c1ccc(OCc2cccc(F)c2F)cc1)N1CCOCC1. The van der Waals surface area contributed by atoms with Crippen molar-refractivity contribution >= 4 is 10.0 Å². The second kappa shape index (κ2) is 7.47. The minimum Gasteiger partial charge on any atom is -0.489 e. The van der Waals surface area contributed by atoms with Crippen LogP contribution in [0.1, 0.15) is 5.56 Å². The summed E-state index contributed by atoms with van der Waals surface area (Å²) in [5.41, 5.74) is 0.0880. The second-order valence-electron chi connectivity index (χ2n) is 5.49. The quantitative estimate of drug-likeness (QED) is 0.813. The molecule has 0 aromatic heterocycles. The number of sulfonamides is 1. The monoisotopic (exact) mass is 369 g/mol. The first-order valence-corrected chi connectivity index (χ1v) is 9.16. The van der Waals surface area contributed by atoms with Crippen LogP contribution in [-0.2, 0) is 21.4 Å². The number of morpholine rings is 1. The lowest BCUT2D eigenvalue weighted by Crippen LogP contribution is -2.40. The number of hydrogen-bond donors (Lipinski definition) is 0. The van der Waals surface area contributed by atoms with Gasteiger partial charge in [-0.15, -0.1) is 0 Å². The van der Waals surface area contributed by atoms with Crippen LogP contribution in [0.5, 0.6) is 5.75 Å². The lowest BCUT2D eigenvalue weighted by atomic mass is 10.2. The zero-order chi connectivity index (χ0) is 17.9. The fraction of sp³-hybridized carbons (Fsp3) is 0.294. The maximum Gasteiger partial charge on any atom is 0.243 e. The lowest BCUT2D eigenvalue weighted by molar-refractivity contribution is 0.0730. The average molecular weight is 369 g/mol. The molecule has 3 rings (SSSR count). The van der Waals surface area contributed by atoms with Gasteiger partial charge in [0.1, 0.15) is 12.4 Å². The number of ether oxygens (including phenoxy) is 2. The summed E-state index contributed by atoms with van der Waals surface area (Å²) in [6.07, 6.45) is 0. The number of benzene rings is 2. The minimum absolute atomic E-state index is 0.0880. The Hall–Kier alpha value is -2.03. The summed E-state index contributed by atoms with van der Waals surface area (Å²) in [5, 5.41) is 0. The molecule has 1 fully saturated rings. The summed E-state index contributed by atoms with van der Waals surface area (Å²) in [4.78, 5) is 0.152. The molecular formula is C17H17F2NO4S. The van der Waals surface area contributed by atoms with Crippen LogP contribution < -0.4 is 4.74 Å². The Morgan fingerprint density at radius 2 is 1.72 bits per heavy atom. The van der Waals surface area contributed by atoms with Crippen molar-refractivity contribution in [3.8, 4) is 5.75 Å². The highest BCUT2D eigenvalue weighted by Gasteiger charge is 2.26. The maximum atomic E-state index is 13.6. The summed E-state index contributed by atoms with van der Waals surface area (Å²) >= 11 is 0. The zero-order valence-corrected chi connectivity index (χ0v) is 14.1. The Balaban J connectivity index is 1.69. The van der Waals surface area contributed by atoms with Crippen molar-refractivity contribution in [2.75, 3.05) is 26.3 Å². The maximum absolute atomic E-state index is 13.6. The van der Waals surface area contributed by atoms with E-state index in [4.69, 9.17) is 9.47 Å². The average Bonchev–Trinajstić information content (AvgIpc) is 2.64. The third-order valence-electron chi connectivity index (χ3n) is 3.86. The highest BCUT2D eigenvalue weighted by Crippen LogP contribution is 2.21. The highest BCUT2D eigenvalue weighted by molar-refractivity contribution is 7.89. The topological polar surface area (TPSA) is 55.8 Å². The molecule has 1 saturated heterocycles. The van der Waals surface area contributed by atoms with Gasteiger partial charge in [-0.25, -0.2) is 17.2 Å². The van der Waals surface area contributed by atoms with Crippen LogP contribution in [0.25, 0.3) is 0 Å². The molecule has 1 aliphatic rings. The number of nitrogens with zero attached hydrogens (tertiary/aromatic N) is 1. The molecule has 1 aliphatic heterocycles. The number of halogens is 2. The molecule has 2 aromatic carbocycles. The van der Waals surface area contributed by atoms with Crippen molar-refractivity contribution in [1.82, 2.24) is 4.31 Å². The molecule has 0 radical (unpaired) electrons. The van der Waals surface area contributed by atoms with E-state index in [1.807, 2.05) is 0 Å². The van der Waals surface area contributed by atoms with Crippen LogP contribution >= 0.6 is 0 Å². The van der Waals surface area contributed by atoms with Crippen molar-refractivity contribution in [1.29, 1.82) is 0 Å². The van der Waals surface area contributed by atoms with Gasteiger partial charge in [0, 0.05) is 18.7 Å². The van der Waals surface area contributed by atoms with Crippen LogP contribution in [0, 0.1) is 11.6 Å². The Labute approximate surface area is 144 Å². The van der Waals surface area contributed by atoms with E-state index in [1.54, 1.807) is 0 Å². The summed E-state index contributed by atoms with van der Waals surface area (Å²) in [6, 6.07) is 9.70. The van der Waals surface area contributed by atoms with E-state index < -0.39 is 21.7 Å². The van der Waals surface area contributed by atoms with E-state index in [1.165, 1.54) is 40.7 Å². The van der Waals surface area contributed by atoms with Crippen molar-refractivity contribution in [2.45, 2.75) is 11.5 Å². The third kappa shape index (κ3) is 3.97. The molecule has 0 aliphatic carbocycles. The summed E-state index contributed by atoms with van der Waals surface area (Å²) in [7, 11) is -3.57. The number of hydrogen-bond acceptors (Lipinski definition) is 4. The van der Waals surface area contributed by atoms with Crippen molar-refractivity contribution < 1.29 is 26.7 Å². The molecule has 2 aromatic rings. The van der Waals surface area contributed by atoms with Gasteiger partial charge in [-0.3, -0.25) is 0 Å². The first kappa shape index (κ1) is 17.8. The molecule has 1 heterocycles. The van der Waals surface area contributed by atoms with E-state index in [2.05, 4.69) is 0 Å². The summed E-state index contributed by atoms with van der Waals surface area (Å²) in [6.45, 7) is 1.23. The van der Waals surface area contributed by atoms with Crippen LogP contribution in [0.4, 0.5) is 8.78 Å². The van der Waals surface area contributed by atoms with E-state index >= 15 is 0 Å². The largest absolute Gasteiger partial charge is 0.489 e. The van der Waals surface area contributed by atoms with E-state index in [0.29, 0.717) is 32.1 Å². The van der Waals surface area contributed by atoms with Crippen molar-refractivity contribution in [2.24, 2.45) is 0 Å². The molecule has 134 valence electrons. The van der Waals surface area contributed by atoms with Crippen molar-refractivity contribution in [3.63, 3.8) is 0 Å². The molecule has 0 N–H and O–H groups in total. The molecule has 0 bridgehead atoms. The third-order valence-corrected chi connectivity index (χ3v) is 5.77. The van der Waals surface area contributed by atoms with Gasteiger partial charge in [0.25, 0.3) is 0 Å². The molecule has 8 heteroatoms. The summed E-state index contributed by atoms with van der Waals surface area (Å²) < 4.78 is 63.7. The molecule has 0 saturated carbocycles. The van der Waals surface area contributed by atoms with Gasteiger partial charge in [-0.2, -0.15) is 4.31 Å². The molecule has 0 unspecified atom stereocenters. The fourth-order valence-electron chi connectivity index (χ4n) is 2.46. The van der Waals surface area contributed by atoms with Crippen LogP contribution in [-0.4, -0.2) is 39.0 Å². The van der Waals surface area contributed by atoms with Crippen LogP contribution in [0.3, 0.4) is 0 Å². The molecule has 0 atom stereocenters. The standard InChI is InChI=1S/C17H17F2NO4S/c18-16-3-1-2-13(17(16)19)12-24-14-4-6-15(7-5-14)25(21,22)20-8-10-23-11-9-20/h1-7H,8-12H2. The Bertz CT molecular complexity index is 834. The first-order chi connectivity index (χ1) is 12.0. The molecule has 0 amide bonds. The smallest absolute Gasteiger partial charge is 0.243 e. The lowest BCUT2D eigenvalue weighted by Gasteiger charge is -2.26. The van der Waals surface area contributed by atoms with Crippen molar-refractivity contribution in [3.05, 3.63) is 59.7 Å². The summed E-state index contributed by atoms with van der Waals surface area (Å²) in [5.74, 6) is -1.52. The zero-order valence-electron chi connectivity index (χ0n) is 13.3. The van der Waals surface area contributed by atoms with Gasteiger partial charge >= 0.3 is 0 Å². The Kier molecular flexibility index (Phi) is 5.31. The van der Waals surface area contributed by atoms with E-state index in [0.717, 1.165) is 6.07 Å². The molecule has 25 heavy (non-hydrogen) atoms.